The highest BCUT2D eigenvalue weighted by Gasteiger charge is 2.41. The molecule has 1 saturated heterocycles. The largest absolute Gasteiger partial charge is 0.453 e. The number of esters is 1. The smallest absolute Gasteiger partial charge is 0.334 e. The second-order valence-corrected chi connectivity index (χ2v) is 7.50. The lowest BCUT2D eigenvalue weighted by molar-refractivity contribution is -0.165. The van der Waals surface area contributed by atoms with E-state index in [0.717, 1.165) is 18.4 Å². The number of ether oxygens (including phenoxy) is 1. The molecule has 1 fully saturated rings. The second kappa shape index (κ2) is 7.66. The van der Waals surface area contributed by atoms with Crippen molar-refractivity contribution in [3.63, 3.8) is 0 Å². The average molecular weight is 334 g/mol. The van der Waals surface area contributed by atoms with Crippen LogP contribution in [0, 0.1) is 5.92 Å². The third-order valence-corrected chi connectivity index (χ3v) is 5.53. The van der Waals surface area contributed by atoms with Crippen molar-refractivity contribution in [2.45, 2.75) is 77.1 Å². The zero-order chi connectivity index (χ0) is 17.9. The van der Waals surface area contributed by atoms with Crippen LogP contribution in [0.1, 0.15) is 59.3 Å². The number of fused-ring (bicyclic) bond motifs is 3. The minimum absolute atomic E-state index is 0.120. The molecule has 0 aromatic heterocycles. The van der Waals surface area contributed by atoms with E-state index in [0.29, 0.717) is 31.3 Å². The number of hydrogen-bond donors (Lipinski definition) is 2. The van der Waals surface area contributed by atoms with Crippen molar-refractivity contribution in [1.29, 1.82) is 0 Å². The maximum atomic E-state index is 12.4. The summed E-state index contributed by atoms with van der Waals surface area (Å²) in [6, 6.07) is 0. The summed E-state index contributed by atoms with van der Waals surface area (Å²) in [5.74, 6) is -0.569. The van der Waals surface area contributed by atoms with E-state index in [1.165, 1.54) is 5.57 Å². The van der Waals surface area contributed by atoms with E-state index < -0.39 is 23.8 Å². The number of aliphatic hydroxyl groups is 2. The predicted octanol–water partition coefficient (Wildman–Crippen LogP) is 3.44. The lowest BCUT2D eigenvalue weighted by Crippen LogP contribution is -2.43. The molecular formula is C20H30O4. The maximum absolute atomic E-state index is 12.4. The van der Waals surface area contributed by atoms with Gasteiger partial charge in [-0.2, -0.15) is 0 Å². The van der Waals surface area contributed by atoms with Gasteiger partial charge in [0.1, 0.15) is 5.60 Å². The molecule has 2 N–H and O–H groups in total. The highest BCUT2D eigenvalue weighted by molar-refractivity contribution is 5.89. The van der Waals surface area contributed by atoms with Crippen LogP contribution in [0.5, 0.6) is 0 Å². The Labute approximate surface area is 144 Å². The molecule has 1 aliphatic carbocycles. The van der Waals surface area contributed by atoms with E-state index in [9.17, 15) is 15.0 Å². The van der Waals surface area contributed by atoms with Gasteiger partial charge in [0.2, 0.25) is 0 Å². The van der Waals surface area contributed by atoms with Crippen LogP contribution in [0.3, 0.4) is 0 Å². The molecule has 0 saturated carbocycles. The Hall–Kier alpha value is -1.39. The number of carbonyl (C=O) groups excluding carboxylic acids is 1. The summed E-state index contributed by atoms with van der Waals surface area (Å²) in [4.78, 5) is 12.4. The van der Waals surface area contributed by atoms with E-state index >= 15 is 0 Å². The lowest BCUT2D eigenvalue weighted by Gasteiger charge is -2.33. The first-order valence-corrected chi connectivity index (χ1v) is 8.83. The highest BCUT2D eigenvalue weighted by Crippen LogP contribution is 2.37. The van der Waals surface area contributed by atoms with Crippen LogP contribution in [0.15, 0.2) is 35.5 Å². The van der Waals surface area contributed by atoms with E-state index in [1.54, 1.807) is 6.92 Å². The molecule has 0 aromatic carbocycles. The Morgan fingerprint density at radius 1 is 1.25 bits per heavy atom. The van der Waals surface area contributed by atoms with E-state index in [-0.39, 0.29) is 5.92 Å². The van der Waals surface area contributed by atoms with Gasteiger partial charge in [0.05, 0.1) is 12.2 Å². The molecule has 4 nitrogen and oxygen atoms in total. The van der Waals surface area contributed by atoms with Crippen LogP contribution >= 0.6 is 0 Å². The second-order valence-electron chi connectivity index (χ2n) is 7.50. The molecule has 0 aromatic rings. The Kier molecular flexibility index (Phi) is 6.05. The predicted molar refractivity (Wildman–Crippen MR) is 94.4 cm³/mol. The summed E-state index contributed by atoms with van der Waals surface area (Å²) < 4.78 is 5.62. The van der Waals surface area contributed by atoms with Gasteiger partial charge in [-0.3, -0.25) is 0 Å². The molecule has 2 bridgehead atoms. The molecule has 24 heavy (non-hydrogen) atoms. The van der Waals surface area contributed by atoms with Crippen molar-refractivity contribution in [2.24, 2.45) is 5.92 Å². The summed E-state index contributed by atoms with van der Waals surface area (Å²) in [6.45, 7) is 9.66. The van der Waals surface area contributed by atoms with Crippen molar-refractivity contribution >= 4 is 5.97 Å². The summed E-state index contributed by atoms with van der Waals surface area (Å²) in [7, 11) is 0. The third-order valence-electron chi connectivity index (χ3n) is 5.53. The molecule has 4 atom stereocenters. The van der Waals surface area contributed by atoms with Gasteiger partial charge in [-0.25, -0.2) is 4.79 Å². The van der Waals surface area contributed by atoms with Gasteiger partial charge in [0.25, 0.3) is 0 Å². The quantitative estimate of drug-likeness (QED) is 0.404. The summed E-state index contributed by atoms with van der Waals surface area (Å²) in [5.41, 5.74) is 1.62. The molecule has 2 rings (SSSR count). The fourth-order valence-corrected chi connectivity index (χ4v) is 3.43. The Bertz CT molecular complexity index is 560. The van der Waals surface area contributed by atoms with E-state index in [2.05, 4.69) is 12.7 Å². The average Bonchev–Trinajstić information content (AvgIpc) is 2.64. The topological polar surface area (TPSA) is 66.8 Å². The van der Waals surface area contributed by atoms with Crippen molar-refractivity contribution in [1.82, 2.24) is 0 Å². The fourth-order valence-electron chi connectivity index (χ4n) is 3.43. The molecule has 4 heteroatoms. The third kappa shape index (κ3) is 4.37. The van der Waals surface area contributed by atoms with Gasteiger partial charge in [-0.1, -0.05) is 24.3 Å². The first kappa shape index (κ1) is 18.9. The Morgan fingerprint density at radius 2 is 1.96 bits per heavy atom. The van der Waals surface area contributed by atoms with Crippen LogP contribution in [0.2, 0.25) is 0 Å². The number of carbonyl (C=O) groups is 1. The fraction of sp³-hybridized carbons (Fsp3) is 0.650. The molecular weight excluding hydrogens is 304 g/mol. The number of allylic oxidation sites excluding steroid dienone is 3. The molecule has 0 spiro atoms. The minimum Gasteiger partial charge on any atom is -0.453 e. The maximum Gasteiger partial charge on any atom is 0.334 e. The molecule has 0 radical (unpaired) electrons. The van der Waals surface area contributed by atoms with Gasteiger partial charge in [-0.05, 0) is 70.8 Å². The summed E-state index contributed by atoms with van der Waals surface area (Å²) in [6.07, 6.45) is 6.65. The minimum atomic E-state index is -0.894. The van der Waals surface area contributed by atoms with Crippen LogP contribution in [-0.4, -0.2) is 34.0 Å². The van der Waals surface area contributed by atoms with Gasteiger partial charge in [0, 0.05) is 5.57 Å². The van der Waals surface area contributed by atoms with Crippen molar-refractivity contribution in [3.05, 3.63) is 35.5 Å². The first-order valence-electron chi connectivity index (χ1n) is 8.83. The first-order chi connectivity index (χ1) is 11.2. The number of hydrogen-bond acceptors (Lipinski definition) is 4. The normalized spacial score (nSPS) is 40.6. The van der Waals surface area contributed by atoms with Crippen LogP contribution < -0.4 is 0 Å². The number of rotatable bonds is 0. The molecule has 1 heterocycles. The molecule has 134 valence electrons. The Morgan fingerprint density at radius 3 is 2.67 bits per heavy atom. The van der Waals surface area contributed by atoms with Crippen LogP contribution in [0.4, 0.5) is 0 Å². The van der Waals surface area contributed by atoms with Gasteiger partial charge >= 0.3 is 5.97 Å². The molecule has 0 amide bonds. The molecule has 0 unspecified atom stereocenters. The monoisotopic (exact) mass is 334 g/mol. The lowest BCUT2D eigenvalue weighted by atomic mass is 9.83. The molecule has 1 aliphatic heterocycles. The van der Waals surface area contributed by atoms with Gasteiger partial charge in [0.15, 0.2) is 0 Å². The Balaban J connectivity index is 2.33. The zero-order valence-corrected chi connectivity index (χ0v) is 15.0. The molecule has 2 aliphatic rings. The van der Waals surface area contributed by atoms with Crippen LogP contribution in [-0.2, 0) is 9.53 Å². The van der Waals surface area contributed by atoms with E-state index in [1.807, 2.05) is 19.9 Å². The van der Waals surface area contributed by atoms with Gasteiger partial charge in [-0.15, -0.1) is 0 Å². The van der Waals surface area contributed by atoms with E-state index in [4.69, 9.17) is 4.74 Å². The highest BCUT2D eigenvalue weighted by atomic mass is 16.6. The zero-order valence-electron chi connectivity index (χ0n) is 15.0. The van der Waals surface area contributed by atoms with Crippen LogP contribution in [0.25, 0.3) is 0 Å². The van der Waals surface area contributed by atoms with Crippen molar-refractivity contribution in [2.75, 3.05) is 0 Å². The van der Waals surface area contributed by atoms with Crippen molar-refractivity contribution in [3.8, 4) is 0 Å². The summed E-state index contributed by atoms with van der Waals surface area (Å²) >= 11 is 0. The standard InChI is InChI=1S/C20H30O4/c1-13-6-5-7-14(2)17(21)12-16-10-11-20(4,18(22)9-8-13)24-19(23)15(16)3/h6-7,16-18,21-22H,3,5,8-12H2,1-2,4H3/b13-6+,14-7+/t16-,17-,18-,20-/m1/s1. The van der Waals surface area contributed by atoms with Crippen molar-refractivity contribution < 1.29 is 19.7 Å². The van der Waals surface area contributed by atoms with Gasteiger partial charge < -0.3 is 14.9 Å². The number of aliphatic hydroxyl groups excluding tert-OH is 2. The summed E-state index contributed by atoms with van der Waals surface area (Å²) in [5, 5.41) is 21.1. The SMILES string of the molecule is C=C1C(=O)O[C@]2(C)CC[C@@H]1C[C@@H](O)/C(C)=C/C/C=C(\C)CC[C@H]2O.